The molecule has 1 spiro atoms. The van der Waals surface area contributed by atoms with Crippen LogP contribution in [0.4, 0.5) is 0 Å². The van der Waals surface area contributed by atoms with Crippen molar-refractivity contribution < 1.29 is 9.59 Å². The second-order valence-electron chi connectivity index (χ2n) is 5.88. The van der Waals surface area contributed by atoms with Crippen LogP contribution >= 0.6 is 0 Å². The van der Waals surface area contributed by atoms with Crippen molar-refractivity contribution in [3.05, 3.63) is 30.1 Å². The summed E-state index contributed by atoms with van der Waals surface area (Å²) in [6.45, 7) is 4.86. The number of aromatic nitrogens is 1. The summed E-state index contributed by atoms with van der Waals surface area (Å²) < 4.78 is 0. The van der Waals surface area contributed by atoms with Gasteiger partial charge in [0.1, 0.15) is 5.69 Å². The highest BCUT2D eigenvalue weighted by molar-refractivity contribution is 5.92. The van der Waals surface area contributed by atoms with Gasteiger partial charge in [0.05, 0.1) is 0 Å². The quantitative estimate of drug-likeness (QED) is 0.771. The van der Waals surface area contributed by atoms with Crippen LogP contribution in [0.3, 0.4) is 0 Å². The number of piperidine rings is 1. The van der Waals surface area contributed by atoms with Gasteiger partial charge in [-0.05, 0) is 25.0 Å². The SMILES string of the molecule is CC(=O)N1CCC2(CC1)CN(C(=O)c1ccccn1)C2. The Morgan fingerprint density at radius 3 is 2.40 bits per heavy atom. The van der Waals surface area contributed by atoms with Crippen LogP contribution in [0.25, 0.3) is 0 Å². The largest absolute Gasteiger partial charge is 0.343 e. The van der Waals surface area contributed by atoms with Crippen molar-refractivity contribution in [2.24, 2.45) is 5.41 Å². The van der Waals surface area contributed by atoms with Crippen molar-refractivity contribution in [3.63, 3.8) is 0 Å². The summed E-state index contributed by atoms with van der Waals surface area (Å²) in [4.78, 5) is 31.4. The molecule has 2 fully saturated rings. The van der Waals surface area contributed by atoms with E-state index in [1.54, 1.807) is 19.2 Å². The maximum atomic E-state index is 12.2. The fraction of sp³-hybridized carbons (Fsp3) is 0.533. The topological polar surface area (TPSA) is 53.5 Å². The third kappa shape index (κ3) is 2.28. The predicted octanol–water partition coefficient (Wildman–Crippen LogP) is 1.17. The van der Waals surface area contributed by atoms with Gasteiger partial charge in [0.25, 0.3) is 5.91 Å². The molecule has 0 radical (unpaired) electrons. The molecule has 2 saturated heterocycles. The second-order valence-corrected chi connectivity index (χ2v) is 5.88. The van der Waals surface area contributed by atoms with E-state index in [0.29, 0.717) is 5.69 Å². The highest BCUT2D eigenvalue weighted by Crippen LogP contribution is 2.40. The van der Waals surface area contributed by atoms with Crippen LogP contribution in [0.2, 0.25) is 0 Å². The predicted molar refractivity (Wildman–Crippen MR) is 74.1 cm³/mol. The lowest BCUT2D eigenvalue weighted by Gasteiger charge is -2.53. The minimum Gasteiger partial charge on any atom is -0.343 e. The van der Waals surface area contributed by atoms with E-state index in [9.17, 15) is 9.59 Å². The first-order valence-corrected chi connectivity index (χ1v) is 7.06. The highest BCUT2D eigenvalue weighted by atomic mass is 16.2. The number of likely N-dealkylation sites (tertiary alicyclic amines) is 2. The number of carbonyl (C=O) groups excluding carboxylic acids is 2. The molecular weight excluding hydrogens is 254 g/mol. The van der Waals surface area contributed by atoms with Gasteiger partial charge in [0, 0.05) is 44.7 Å². The lowest BCUT2D eigenvalue weighted by molar-refractivity contribution is -0.133. The van der Waals surface area contributed by atoms with E-state index in [2.05, 4.69) is 4.98 Å². The van der Waals surface area contributed by atoms with Gasteiger partial charge in [-0.1, -0.05) is 6.07 Å². The van der Waals surface area contributed by atoms with Gasteiger partial charge < -0.3 is 9.80 Å². The molecule has 106 valence electrons. The molecule has 2 aliphatic heterocycles. The minimum absolute atomic E-state index is 0.0187. The van der Waals surface area contributed by atoms with E-state index < -0.39 is 0 Å². The summed E-state index contributed by atoms with van der Waals surface area (Å²) in [5.74, 6) is 0.172. The first kappa shape index (κ1) is 13.1. The molecule has 0 atom stereocenters. The third-order valence-electron chi connectivity index (χ3n) is 4.49. The standard InChI is InChI=1S/C15H19N3O2/c1-12(19)17-8-5-15(6-9-17)10-18(11-15)14(20)13-4-2-3-7-16-13/h2-4,7H,5-6,8-11H2,1H3. The van der Waals surface area contributed by atoms with Crippen LogP contribution in [-0.2, 0) is 4.79 Å². The molecule has 5 nitrogen and oxygen atoms in total. The Bertz CT molecular complexity index is 513. The van der Waals surface area contributed by atoms with Crippen molar-refractivity contribution in [1.82, 2.24) is 14.8 Å². The van der Waals surface area contributed by atoms with Crippen LogP contribution in [0.1, 0.15) is 30.3 Å². The van der Waals surface area contributed by atoms with Gasteiger partial charge >= 0.3 is 0 Å². The van der Waals surface area contributed by atoms with Crippen LogP contribution in [-0.4, -0.2) is 52.8 Å². The Hall–Kier alpha value is -1.91. The molecule has 3 heterocycles. The molecule has 2 aliphatic rings. The Morgan fingerprint density at radius 1 is 1.15 bits per heavy atom. The second kappa shape index (κ2) is 4.89. The van der Waals surface area contributed by atoms with Crippen molar-refractivity contribution in [2.75, 3.05) is 26.2 Å². The summed E-state index contributed by atoms with van der Waals surface area (Å²) in [7, 11) is 0. The minimum atomic E-state index is 0.0187. The van der Waals surface area contributed by atoms with E-state index in [-0.39, 0.29) is 17.2 Å². The molecule has 0 unspecified atom stereocenters. The molecule has 0 aliphatic carbocycles. The Labute approximate surface area is 118 Å². The summed E-state index contributed by atoms with van der Waals surface area (Å²) in [5, 5.41) is 0. The first-order valence-electron chi connectivity index (χ1n) is 7.06. The van der Waals surface area contributed by atoms with Gasteiger partial charge in [-0.3, -0.25) is 14.6 Å². The number of carbonyl (C=O) groups is 2. The zero-order valence-electron chi connectivity index (χ0n) is 11.7. The molecule has 0 bridgehead atoms. The van der Waals surface area contributed by atoms with Crippen LogP contribution in [0.15, 0.2) is 24.4 Å². The van der Waals surface area contributed by atoms with E-state index >= 15 is 0 Å². The van der Waals surface area contributed by atoms with E-state index in [4.69, 9.17) is 0 Å². The van der Waals surface area contributed by atoms with E-state index in [1.807, 2.05) is 21.9 Å². The van der Waals surface area contributed by atoms with Crippen molar-refractivity contribution in [3.8, 4) is 0 Å². The average Bonchev–Trinajstić information content (AvgIpc) is 2.45. The highest BCUT2D eigenvalue weighted by Gasteiger charge is 2.47. The van der Waals surface area contributed by atoms with Crippen molar-refractivity contribution >= 4 is 11.8 Å². The lowest BCUT2D eigenvalue weighted by Crippen LogP contribution is -2.62. The normalized spacial score (nSPS) is 20.6. The fourth-order valence-corrected chi connectivity index (χ4v) is 3.17. The summed E-state index contributed by atoms with van der Waals surface area (Å²) in [5.41, 5.74) is 0.750. The van der Waals surface area contributed by atoms with Crippen molar-refractivity contribution in [2.45, 2.75) is 19.8 Å². The van der Waals surface area contributed by atoms with Crippen LogP contribution in [0, 0.1) is 5.41 Å². The maximum Gasteiger partial charge on any atom is 0.272 e. The fourth-order valence-electron chi connectivity index (χ4n) is 3.17. The Morgan fingerprint density at radius 2 is 1.85 bits per heavy atom. The smallest absolute Gasteiger partial charge is 0.272 e. The van der Waals surface area contributed by atoms with Crippen LogP contribution in [0.5, 0.6) is 0 Å². The summed E-state index contributed by atoms with van der Waals surface area (Å²) in [6.07, 6.45) is 3.64. The number of hydrogen-bond donors (Lipinski definition) is 0. The van der Waals surface area contributed by atoms with Gasteiger partial charge in [0.15, 0.2) is 0 Å². The van der Waals surface area contributed by atoms with Gasteiger partial charge in [-0.25, -0.2) is 0 Å². The molecular formula is C15H19N3O2. The summed E-state index contributed by atoms with van der Waals surface area (Å²) in [6, 6.07) is 5.40. The van der Waals surface area contributed by atoms with E-state index in [1.165, 1.54) is 0 Å². The molecule has 20 heavy (non-hydrogen) atoms. The number of hydrogen-bond acceptors (Lipinski definition) is 3. The average molecular weight is 273 g/mol. The number of pyridine rings is 1. The lowest BCUT2D eigenvalue weighted by atomic mass is 9.72. The van der Waals surface area contributed by atoms with Crippen LogP contribution < -0.4 is 0 Å². The third-order valence-corrected chi connectivity index (χ3v) is 4.49. The molecule has 0 saturated carbocycles. The van der Waals surface area contributed by atoms with Crippen molar-refractivity contribution in [1.29, 1.82) is 0 Å². The Balaban J connectivity index is 1.57. The number of nitrogens with zero attached hydrogens (tertiary/aromatic N) is 3. The van der Waals surface area contributed by atoms with Gasteiger partial charge in [-0.15, -0.1) is 0 Å². The number of rotatable bonds is 1. The molecule has 2 amide bonds. The number of amides is 2. The Kier molecular flexibility index (Phi) is 3.20. The van der Waals surface area contributed by atoms with Gasteiger partial charge in [-0.2, -0.15) is 0 Å². The molecule has 3 rings (SSSR count). The zero-order valence-corrected chi connectivity index (χ0v) is 11.7. The molecule has 1 aromatic heterocycles. The van der Waals surface area contributed by atoms with E-state index in [0.717, 1.165) is 39.0 Å². The molecule has 0 aromatic carbocycles. The molecule has 0 N–H and O–H groups in total. The monoisotopic (exact) mass is 273 g/mol. The summed E-state index contributed by atoms with van der Waals surface area (Å²) >= 11 is 0. The zero-order chi connectivity index (χ0) is 14.2. The van der Waals surface area contributed by atoms with Gasteiger partial charge in [0.2, 0.25) is 5.91 Å². The maximum absolute atomic E-state index is 12.2. The molecule has 1 aromatic rings. The first-order chi connectivity index (χ1) is 9.60. The molecule has 5 heteroatoms.